The predicted molar refractivity (Wildman–Crippen MR) is 98.9 cm³/mol. The highest BCUT2D eigenvalue weighted by Gasteiger charge is 2.46. The molecule has 1 N–H and O–H groups in total. The van der Waals surface area contributed by atoms with Crippen molar-refractivity contribution < 1.29 is 39.6 Å². The molecule has 0 bridgehead atoms. The number of halogens is 7. The lowest BCUT2D eigenvalue weighted by Crippen LogP contribution is -2.30. The number of hydrogen-bond acceptors (Lipinski definition) is 4. The molecule has 2 aromatic rings. The van der Waals surface area contributed by atoms with Gasteiger partial charge in [-0.2, -0.15) is 34.8 Å². The molecule has 0 atom stereocenters. The fourth-order valence-corrected chi connectivity index (χ4v) is 2.92. The van der Waals surface area contributed by atoms with E-state index < -0.39 is 33.0 Å². The Morgan fingerprint density at radius 2 is 1.67 bits per heavy atom. The minimum Gasteiger partial charge on any atom is -0.357 e. The van der Waals surface area contributed by atoms with Gasteiger partial charge in [0, 0.05) is 10.6 Å². The Morgan fingerprint density at radius 3 is 2.17 bits per heavy atom. The standard InChI is InChI=1S/C17H13ClF6N2O3S/c1-2-14(25-29-12-6-3-10(4-7-12)16(19,20)21)13-9-11(18)5-8-15(13)26-30(27,28)17(22,23)24/h3-9,26H,2H2,1H3. The summed E-state index contributed by atoms with van der Waals surface area (Å²) < 4.78 is 100. The second kappa shape index (κ2) is 8.72. The Morgan fingerprint density at radius 1 is 1.07 bits per heavy atom. The van der Waals surface area contributed by atoms with E-state index in [1.165, 1.54) is 16.9 Å². The van der Waals surface area contributed by atoms with Gasteiger partial charge in [-0.05, 0) is 48.9 Å². The normalized spacial score (nSPS) is 13.3. The third-order valence-electron chi connectivity index (χ3n) is 3.62. The van der Waals surface area contributed by atoms with Crippen molar-refractivity contribution >= 4 is 33.0 Å². The molecule has 0 unspecified atom stereocenters. The van der Waals surface area contributed by atoms with Gasteiger partial charge in [0.2, 0.25) is 0 Å². The first kappa shape index (κ1) is 23.8. The Balaban J connectivity index is 2.37. The number of rotatable bonds is 6. The van der Waals surface area contributed by atoms with E-state index in [2.05, 4.69) is 5.16 Å². The van der Waals surface area contributed by atoms with Crippen molar-refractivity contribution in [2.24, 2.45) is 5.16 Å². The van der Waals surface area contributed by atoms with Crippen LogP contribution in [0.1, 0.15) is 24.5 Å². The average molecular weight is 475 g/mol. The largest absolute Gasteiger partial charge is 0.516 e. The van der Waals surface area contributed by atoms with Crippen molar-refractivity contribution in [1.82, 2.24) is 0 Å². The van der Waals surface area contributed by atoms with Gasteiger partial charge < -0.3 is 4.84 Å². The van der Waals surface area contributed by atoms with Crippen LogP contribution < -0.4 is 9.56 Å². The van der Waals surface area contributed by atoms with E-state index in [0.717, 1.165) is 30.3 Å². The van der Waals surface area contributed by atoms with Crippen LogP contribution in [0, 0.1) is 0 Å². The van der Waals surface area contributed by atoms with Crippen LogP contribution in [0.15, 0.2) is 47.6 Å². The molecule has 0 aliphatic rings. The zero-order valence-electron chi connectivity index (χ0n) is 15.0. The third-order valence-corrected chi connectivity index (χ3v) is 4.95. The van der Waals surface area contributed by atoms with Gasteiger partial charge in [0.05, 0.1) is 17.0 Å². The molecule has 30 heavy (non-hydrogen) atoms. The first-order chi connectivity index (χ1) is 13.7. The van der Waals surface area contributed by atoms with E-state index in [1.54, 1.807) is 6.92 Å². The Bertz CT molecular complexity index is 1030. The molecule has 13 heteroatoms. The summed E-state index contributed by atoms with van der Waals surface area (Å²) in [6.07, 6.45) is -4.47. The summed E-state index contributed by atoms with van der Waals surface area (Å²) >= 11 is 5.85. The molecule has 0 aliphatic heterocycles. The lowest BCUT2D eigenvalue weighted by atomic mass is 10.1. The van der Waals surface area contributed by atoms with Crippen molar-refractivity contribution in [3.8, 4) is 5.75 Å². The molecule has 0 saturated carbocycles. The van der Waals surface area contributed by atoms with Gasteiger partial charge in [-0.3, -0.25) is 4.72 Å². The summed E-state index contributed by atoms with van der Waals surface area (Å²) in [5, 5.41) is 3.81. The van der Waals surface area contributed by atoms with Gasteiger partial charge in [0.25, 0.3) is 0 Å². The molecule has 0 aromatic heterocycles. The van der Waals surface area contributed by atoms with E-state index in [9.17, 15) is 34.8 Å². The summed E-state index contributed by atoms with van der Waals surface area (Å²) in [5.74, 6) is -0.0756. The molecule has 0 amide bonds. The van der Waals surface area contributed by atoms with Gasteiger partial charge in [-0.15, -0.1) is 0 Å². The molecule has 0 aliphatic carbocycles. The number of benzene rings is 2. The van der Waals surface area contributed by atoms with E-state index in [1.807, 2.05) is 0 Å². The minimum absolute atomic E-state index is 0.00253. The Labute approximate surface area is 172 Å². The quantitative estimate of drug-likeness (QED) is 0.326. The molecule has 0 spiro atoms. The van der Waals surface area contributed by atoms with Crippen LogP contribution in [0.4, 0.5) is 32.0 Å². The summed E-state index contributed by atoms with van der Waals surface area (Å²) in [5.41, 5.74) is -7.01. The van der Waals surface area contributed by atoms with Crippen LogP contribution in [0.5, 0.6) is 5.75 Å². The molecular weight excluding hydrogens is 462 g/mol. The van der Waals surface area contributed by atoms with Gasteiger partial charge in [-0.25, -0.2) is 0 Å². The molecule has 0 radical (unpaired) electrons. The maximum absolute atomic E-state index is 12.7. The second-order valence-electron chi connectivity index (χ2n) is 5.75. The van der Waals surface area contributed by atoms with Crippen molar-refractivity contribution in [3.63, 3.8) is 0 Å². The van der Waals surface area contributed by atoms with Crippen molar-refractivity contribution in [2.75, 3.05) is 4.72 Å². The van der Waals surface area contributed by atoms with Gasteiger partial charge >= 0.3 is 21.7 Å². The zero-order valence-corrected chi connectivity index (χ0v) is 16.5. The van der Waals surface area contributed by atoms with Crippen LogP contribution in [-0.2, 0) is 16.2 Å². The summed E-state index contributed by atoms with van der Waals surface area (Å²) in [6.45, 7) is 1.55. The van der Waals surface area contributed by atoms with Crippen molar-refractivity contribution in [3.05, 3.63) is 58.6 Å². The smallest absolute Gasteiger partial charge is 0.357 e. The number of hydrogen-bond donors (Lipinski definition) is 1. The number of nitrogens with one attached hydrogen (secondary N) is 1. The number of oxime groups is 1. The minimum atomic E-state index is -5.71. The Hall–Kier alpha value is -2.47. The van der Waals surface area contributed by atoms with Crippen LogP contribution in [0.2, 0.25) is 5.02 Å². The second-order valence-corrected chi connectivity index (χ2v) is 7.86. The van der Waals surface area contributed by atoms with E-state index >= 15 is 0 Å². The topological polar surface area (TPSA) is 67.8 Å². The maximum atomic E-state index is 12.7. The summed E-state index contributed by atoms with van der Waals surface area (Å²) in [6, 6.07) is 6.90. The zero-order chi connectivity index (χ0) is 22.7. The fourth-order valence-electron chi connectivity index (χ4n) is 2.16. The van der Waals surface area contributed by atoms with Gasteiger partial charge in [0.15, 0.2) is 5.75 Å². The first-order valence-corrected chi connectivity index (χ1v) is 9.91. The van der Waals surface area contributed by atoms with E-state index in [4.69, 9.17) is 16.4 Å². The number of anilines is 1. The first-order valence-electron chi connectivity index (χ1n) is 8.04. The molecule has 0 heterocycles. The van der Waals surface area contributed by atoms with Gasteiger partial charge in [-0.1, -0.05) is 23.7 Å². The average Bonchev–Trinajstić information content (AvgIpc) is 2.63. The molecule has 2 aromatic carbocycles. The number of sulfonamides is 1. The highest BCUT2D eigenvalue weighted by molar-refractivity contribution is 7.93. The number of alkyl halides is 6. The highest BCUT2D eigenvalue weighted by Crippen LogP contribution is 2.31. The highest BCUT2D eigenvalue weighted by atomic mass is 35.5. The van der Waals surface area contributed by atoms with E-state index in [-0.39, 0.29) is 28.5 Å². The SMILES string of the molecule is CCC(=NOc1ccc(C(F)(F)F)cc1)c1cc(Cl)ccc1NS(=O)(=O)C(F)(F)F. The van der Waals surface area contributed by atoms with E-state index in [0.29, 0.717) is 0 Å². The summed E-state index contributed by atoms with van der Waals surface area (Å²) in [4.78, 5) is 5.05. The molecular formula is C17H13ClF6N2O3S. The lowest BCUT2D eigenvalue weighted by Gasteiger charge is -2.15. The van der Waals surface area contributed by atoms with Crippen molar-refractivity contribution in [1.29, 1.82) is 0 Å². The lowest BCUT2D eigenvalue weighted by molar-refractivity contribution is -0.137. The summed E-state index contributed by atoms with van der Waals surface area (Å²) in [7, 11) is -5.71. The molecule has 0 fully saturated rings. The molecule has 164 valence electrons. The van der Waals surface area contributed by atoms with Gasteiger partial charge in [0.1, 0.15) is 0 Å². The predicted octanol–water partition coefficient (Wildman–Crippen LogP) is 5.81. The molecule has 0 saturated heterocycles. The molecule has 2 rings (SSSR count). The fraction of sp³-hybridized carbons (Fsp3) is 0.235. The monoisotopic (exact) mass is 474 g/mol. The van der Waals surface area contributed by atoms with Crippen molar-refractivity contribution in [2.45, 2.75) is 25.0 Å². The van der Waals surface area contributed by atoms with Crippen LogP contribution in [0.3, 0.4) is 0 Å². The van der Waals surface area contributed by atoms with Crippen LogP contribution in [0.25, 0.3) is 0 Å². The van der Waals surface area contributed by atoms with Crippen LogP contribution in [-0.4, -0.2) is 19.6 Å². The maximum Gasteiger partial charge on any atom is 0.516 e. The third kappa shape index (κ3) is 5.79. The van der Waals surface area contributed by atoms with Crippen LogP contribution >= 0.6 is 11.6 Å². The molecule has 5 nitrogen and oxygen atoms in total. The Kier molecular flexibility index (Phi) is 6.92. The number of nitrogens with zero attached hydrogens (tertiary/aromatic N) is 1.